The molecule has 0 unspecified atom stereocenters. The van der Waals surface area contributed by atoms with Gasteiger partial charge in [0.15, 0.2) is 16.5 Å². The Bertz CT molecular complexity index is 1190. The van der Waals surface area contributed by atoms with E-state index in [4.69, 9.17) is 0 Å². The van der Waals surface area contributed by atoms with Gasteiger partial charge in [0, 0.05) is 30.3 Å². The van der Waals surface area contributed by atoms with E-state index in [1.165, 1.54) is 12.1 Å². The average Bonchev–Trinajstić information content (AvgIpc) is 2.73. The van der Waals surface area contributed by atoms with Crippen molar-refractivity contribution in [3.8, 4) is 0 Å². The van der Waals surface area contributed by atoms with E-state index >= 15 is 0 Å². The van der Waals surface area contributed by atoms with Crippen molar-refractivity contribution in [1.82, 2.24) is 4.90 Å². The Morgan fingerprint density at radius 2 is 1.47 bits per heavy atom. The average molecular weight is 432 g/mol. The Kier molecular flexibility index (Phi) is 5.15. The zero-order chi connectivity index (χ0) is 21.5. The number of rotatable bonds is 4. The number of anilines is 1. The summed E-state index contributed by atoms with van der Waals surface area (Å²) in [7, 11) is -4.56. The number of ketones is 2. The van der Waals surface area contributed by atoms with Crippen molar-refractivity contribution in [2.24, 2.45) is 0 Å². The molecule has 0 bridgehead atoms. The molecule has 9 heteroatoms. The molecule has 2 aromatic rings. The minimum absolute atomic E-state index is 0.00563. The number of piperidine rings is 1. The van der Waals surface area contributed by atoms with Crippen molar-refractivity contribution in [1.29, 1.82) is 0 Å². The summed E-state index contributed by atoms with van der Waals surface area (Å²) in [6.07, 6.45) is 2.46. The minimum Gasteiger partial charge on any atom is -0.367 e. The quantitative estimate of drug-likeness (QED) is 0.800. The molecule has 0 saturated carbocycles. The number of sulfonamides is 1. The summed E-state index contributed by atoms with van der Waals surface area (Å²) in [6, 6.07) is 8.54. The molecule has 1 N–H and O–H groups in total. The van der Waals surface area contributed by atoms with Crippen LogP contribution in [0.5, 0.6) is 0 Å². The smallest absolute Gasteiger partial charge is 0.268 e. The zero-order valence-electron chi connectivity index (χ0n) is 15.8. The third kappa shape index (κ3) is 3.49. The molecular weight excluding hydrogens is 414 g/mol. The largest absolute Gasteiger partial charge is 0.367 e. The first-order valence-electron chi connectivity index (χ1n) is 9.45. The van der Waals surface area contributed by atoms with E-state index in [-0.39, 0.29) is 22.5 Å². The molecule has 1 saturated heterocycles. The molecule has 1 aliphatic heterocycles. The van der Waals surface area contributed by atoms with Gasteiger partial charge in [0.2, 0.25) is 11.6 Å². The van der Waals surface area contributed by atoms with Gasteiger partial charge in [-0.25, -0.2) is 17.2 Å². The van der Waals surface area contributed by atoms with Crippen LogP contribution in [-0.4, -0.2) is 38.0 Å². The number of carbonyl (C=O) groups excluding carboxylic acids is 2. The van der Waals surface area contributed by atoms with Crippen molar-refractivity contribution in [3.63, 3.8) is 0 Å². The molecule has 0 spiro atoms. The number of nitrogens with one attached hydrogen (secondary N) is 1. The third-order valence-electron chi connectivity index (χ3n) is 5.17. The van der Waals surface area contributed by atoms with Crippen LogP contribution in [0.25, 0.3) is 0 Å². The van der Waals surface area contributed by atoms with Crippen LogP contribution < -0.4 is 4.72 Å². The molecule has 156 valence electrons. The standard InChI is InChI=1S/C21H18F2N2O4S/c22-16-9-8-13(12-17(16)23)24-30(28,29)21-18(25-10-4-1-5-11-25)19(26)14-6-2-3-7-15(14)20(21)27/h2-3,6-9,12,24H,1,4-5,10-11H2. The van der Waals surface area contributed by atoms with Gasteiger partial charge < -0.3 is 4.90 Å². The molecule has 0 aromatic heterocycles. The second kappa shape index (κ2) is 7.64. The lowest BCUT2D eigenvalue weighted by molar-refractivity contribution is 0.0939. The van der Waals surface area contributed by atoms with Crippen molar-refractivity contribution >= 4 is 27.3 Å². The van der Waals surface area contributed by atoms with Crippen molar-refractivity contribution in [3.05, 3.63) is 75.8 Å². The van der Waals surface area contributed by atoms with Crippen LogP contribution in [0.3, 0.4) is 0 Å². The van der Waals surface area contributed by atoms with Crippen LogP contribution in [0, 0.1) is 11.6 Å². The number of hydrogen-bond donors (Lipinski definition) is 1. The van der Waals surface area contributed by atoms with Gasteiger partial charge in [-0.05, 0) is 31.4 Å². The first-order chi connectivity index (χ1) is 14.3. The molecule has 0 atom stereocenters. The maximum absolute atomic E-state index is 13.5. The minimum atomic E-state index is -4.56. The Morgan fingerprint density at radius 1 is 0.833 bits per heavy atom. The number of nitrogens with zero attached hydrogens (tertiary/aromatic N) is 1. The number of fused-ring (bicyclic) bond motifs is 1. The normalized spacial score (nSPS) is 17.2. The van der Waals surface area contributed by atoms with Gasteiger partial charge in [-0.3, -0.25) is 14.3 Å². The fourth-order valence-electron chi connectivity index (χ4n) is 3.76. The van der Waals surface area contributed by atoms with Crippen LogP contribution >= 0.6 is 0 Å². The van der Waals surface area contributed by atoms with Crippen LogP contribution in [-0.2, 0) is 10.0 Å². The van der Waals surface area contributed by atoms with E-state index in [1.54, 1.807) is 17.0 Å². The molecule has 30 heavy (non-hydrogen) atoms. The Hall–Kier alpha value is -3.07. The highest BCUT2D eigenvalue weighted by Crippen LogP contribution is 2.33. The van der Waals surface area contributed by atoms with Crippen LogP contribution in [0.4, 0.5) is 14.5 Å². The van der Waals surface area contributed by atoms with Gasteiger partial charge in [0.05, 0.1) is 5.69 Å². The summed E-state index contributed by atoms with van der Waals surface area (Å²) in [5.74, 6) is -3.72. The lowest BCUT2D eigenvalue weighted by Crippen LogP contribution is -2.40. The van der Waals surface area contributed by atoms with Crippen molar-refractivity contribution < 1.29 is 26.8 Å². The van der Waals surface area contributed by atoms with Gasteiger partial charge in [-0.15, -0.1) is 0 Å². The first kappa shape index (κ1) is 20.2. The highest BCUT2D eigenvalue weighted by Gasteiger charge is 2.41. The van der Waals surface area contributed by atoms with E-state index in [2.05, 4.69) is 4.72 Å². The van der Waals surface area contributed by atoms with E-state index in [1.807, 2.05) is 0 Å². The van der Waals surface area contributed by atoms with Gasteiger partial charge in [-0.2, -0.15) is 0 Å². The topological polar surface area (TPSA) is 83.6 Å². The fraction of sp³-hybridized carbons (Fsp3) is 0.238. The first-order valence-corrected chi connectivity index (χ1v) is 10.9. The monoisotopic (exact) mass is 432 g/mol. The Labute approximate surface area is 172 Å². The van der Waals surface area contributed by atoms with Gasteiger partial charge in [0.1, 0.15) is 5.70 Å². The van der Waals surface area contributed by atoms with Gasteiger partial charge in [0.25, 0.3) is 10.0 Å². The summed E-state index contributed by atoms with van der Waals surface area (Å²) in [5.41, 5.74) is -0.282. The third-order valence-corrected chi connectivity index (χ3v) is 6.59. The van der Waals surface area contributed by atoms with Crippen LogP contribution in [0.2, 0.25) is 0 Å². The molecule has 1 heterocycles. The summed E-state index contributed by atoms with van der Waals surface area (Å²) in [5, 5.41) is 0. The lowest BCUT2D eigenvalue weighted by atomic mass is 9.91. The van der Waals surface area contributed by atoms with Crippen molar-refractivity contribution in [2.45, 2.75) is 19.3 Å². The SMILES string of the molecule is O=C1C(N2CCCCC2)=C(S(=O)(=O)Nc2ccc(F)c(F)c2)C(=O)c2ccccc21. The van der Waals surface area contributed by atoms with Gasteiger partial charge >= 0.3 is 0 Å². The lowest BCUT2D eigenvalue weighted by Gasteiger charge is -2.33. The highest BCUT2D eigenvalue weighted by molar-refractivity contribution is 7.97. The zero-order valence-corrected chi connectivity index (χ0v) is 16.6. The highest BCUT2D eigenvalue weighted by atomic mass is 32.2. The maximum Gasteiger partial charge on any atom is 0.268 e. The number of benzene rings is 2. The molecule has 6 nitrogen and oxygen atoms in total. The van der Waals surface area contributed by atoms with E-state index < -0.39 is 38.1 Å². The molecule has 1 aliphatic carbocycles. The Morgan fingerprint density at radius 3 is 2.10 bits per heavy atom. The van der Waals surface area contributed by atoms with E-state index in [9.17, 15) is 26.8 Å². The maximum atomic E-state index is 13.5. The second-order valence-corrected chi connectivity index (χ2v) is 8.78. The second-order valence-electron chi connectivity index (χ2n) is 7.16. The van der Waals surface area contributed by atoms with Crippen molar-refractivity contribution in [2.75, 3.05) is 17.8 Å². The summed E-state index contributed by atoms with van der Waals surface area (Å²) in [6.45, 7) is 0.890. The molecule has 2 aromatic carbocycles. The molecular formula is C21H18F2N2O4S. The Balaban J connectivity index is 1.86. The molecule has 1 fully saturated rings. The number of Topliss-reactive ketones (excluding diaryl/α,β-unsaturated/α-hetero) is 2. The number of likely N-dealkylation sites (tertiary alicyclic amines) is 1. The van der Waals surface area contributed by atoms with Crippen LogP contribution in [0.15, 0.2) is 53.1 Å². The molecule has 4 rings (SSSR count). The van der Waals surface area contributed by atoms with Crippen LogP contribution in [0.1, 0.15) is 40.0 Å². The number of hydrogen-bond acceptors (Lipinski definition) is 5. The van der Waals surface area contributed by atoms with Gasteiger partial charge in [-0.1, -0.05) is 24.3 Å². The number of halogens is 2. The fourth-order valence-corrected chi connectivity index (χ4v) is 5.13. The summed E-state index contributed by atoms with van der Waals surface area (Å²) < 4.78 is 55.2. The summed E-state index contributed by atoms with van der Waals surface area (Å²) >= 11 is 0. The predicted molar refractivity (Wildman–Crippen MR) is 106 cm³/mol. The molecule has 0 radical (unpaired) electrons. The molecule has 2 aliphatic rings. The number of carbonyl (C=O) groups is 2. The predicted octanol–water partition coefficient (Wildman–Crippen LogP) is 3.48. The van der Waals surface area contributed by atoms with E-state index in [0.29, 0.717) is 19.2 Å². The van der Waals surface area contributed by atoms with E-state index in [0.717, 1.165) is 31.4 Å². The summed E-state index contributed by atoms with van der Waals surface area (Å²) in [4.78, 5) is 27.4. The number of allylic oxidation sites excluding steroid dienone is 2. The molecule has 0 amide bonds.